The van der Waals surface area contributed by atoms with E-state index in [1.54, 1.807) is 37.5 Å². The van der Waals surface area contributed by atoms with E-state index in [1.807, 2.05) is 18.2 Å². The molecular weight excluding hydrogens is 308 g/mol. The zero-order valence-corrected chi connectivity index (χ0v) is 13.2. The number of nitrogens with zero attached hydrogens (tertiary/aromatic N) is 1. The molecule has 124 valence electrons. The van der Waals surface area contributed by atoms with Crippen LogP contribution in [0.25, 0.3) is 6.08 Å². The van der Waals surface area contributed by atoms with Crippen LogP contribution in [-0.4, -0.2) is 31.3 Å². The van der Waals surface area contributed by atoms with Crippen LogP contribution < -0.4 is 20.1 Å². The smallest absolute Gasteiger partial charge is 0.294 e. The number of β-amino-alcohol motifs (C(OH)–C–C–N with tert-alkyl or cyclic N) is 1. The third kappa shape index (κ3) is 3.04. The first-order valence-corrected chi connectivity index (χ1v) is 7.48. The Labute approximate surface area is 139 Å². The Balaban J connectivity index is 2.02. The van der Waals surface area contributed by atoms with Crippen molar-refractivity contribution < 1.29 is 19.4 Å². The van der Waals surface area contributed by atoms with E-state index in [0.717, 1.165) is 5.56 Å². The number of fused-ring (bicyclic) bond motifs is 1. The summed E-state index contributed by atoms with van der Waals surface area (Å²) in [6.07, 6.45) is 1.64. The lowest BCUT2D eigenvalue weighted by molar-refractivity contribution is -0.117. The van der Waals surface area contributed by atoms with Gasteiger partial charge in [0.2, 0.25) is 0 Å². The van der Waals surface area contributed by atoms with Crippen molar-refractivity contribution in [3.8, 4) is 11.5 Å². The van der Waals surface area contributed by atoms with E-state index in [2.05, 4.69) is 0 Å². The molecule has 3 rings (SSSR count). The summed E-state index contributed by atoms with van der Waals surface area (Å²) < 4.78 is 10.9. The predicted octanol–water partition coefficient (Wildman–Crippen LogP) is 2.04. The van der Waals surface area contributed by atoms with Crippen molar-refractivity contribution in [1.29, 1.82) is 0 Å². The molecule has 6 heteroatoms. The number of nitrogen functional groups attached to an aromatic ring is 1. The number of hydrogen-bond acceptors (Lipinski definition) is 5. The summed E-state index contributed by atoms with van der Waals surface area (Å²) in [6, 6.07) is 12.4. The van der Waals surface area contributed by atoms with Crippen molar-refractivity contribution in [1.82, 2.24) is 0 Å². The van der Waals surface area contributed by atoms with Crippen LogP contribution >= 0.6 is 0 Å². The van der Waals surface area contributed by atoms with Crippen molar-refractivity contribution >= 4 is 23.4 Å². The summed E-state index contributed by atoms with van der Waals surface area (Å²) in [5, 5.41) is 9.27. The lowest BCUT2D eigenvalue weighted by atomic mass is 10.1. The number of aliphatic hydroxyl groups is 1. The van der Waals surface area contributed by atoms with Crippen molar-refractivity contribution in [2.75, 3.05) is 30.9 Å². The molecule has 0 unspecified atom stereocenters. The highest BCUT2D eigenvalue weighted by Crippen LogP contribution is 2.37. The highest BCUT2D eigenvalue weighted by molar-refractivity contribution is 6.10. The molecule has 1 amide bonds. The number of nitrogens with two attached hydrogens (primary N) is 1. The number of aliphatic hydroxyl groups excluding tert-OH is 1. The van der Waals surface area contributed by atoms with E-state index < -0.39 is 0 Å². The summed E-state index contributed by atoms with van der Waals surface area (Å²) >= 11 is 0. The van der Waals surface area contributed by atoms with E-state index in [4.69, 9.17) is 15.2 Å². The van der Waals surface area contributed by atoms with Gasteiger partial charge in [0.15, 0.2) is 11.5 Å². The summed E-state index contributed by atoms with van der Waals surface area (Å²) in [4.78, 5) is 14.2. The zero-order chi connectivity index (χ0) is 17.1. The second-order valence-corrected chi connectivity index (χ2v) is 5.29. The molecule has 0 radical (unpaired) electrons. The molecule has 1 aliphatic heterocycles. The monoisotopic (exact) mass is 326 g/mol. The standard InChI is InChI=1S/C18H18N2O4/c1-23-14-4-2-3-12(9-14)10-17-18(22)20(7-8-21)15-6-5-13(19)11-16(15)24-17/h2-6,9-11,21H,7-8,19H2,1H3/b17-10+. The van der Waals surface area contributed by atoms with E-state index >= 15 is 0 Å². The van der Waals surface area contributed by atoms with E-state index in [-0.39, 0.29) is 24.8 Å². The van der Waals surface area contributed by atoms with Gasteiger partial charge >= 0.3 is 0 Å². The molecule has 0 saturated heterocycles. The van der Waals surface area contributed by atoms with Crippen LogP contribution in [0.2, 0.25) is 0 Å². The van der Waals surface area contributed by atoms with Crippen molar-refractivity contribution in [3.05, 3.63) is 53.8 Å². The lowest BCUT2D eigenvalue weighted by Gasteiger charge is -2.30. The molecule has 1 aliphatic rings. The molecule has 0 fully saturated rings. The molecule has 0 saturated carbocycles. The molecule has 0 aliphatic carbocycles. The van der Waals surface area contributed by atoms with Gasteiger partial charge in [0.05, 0.1) is 19.4 Å². The number of hydrogen-bond donors (Lipinski definition) is 2. The minimum Gasteiger partial charge on any atom is -0.497 e. The molecule has 2 aromatic rings. The maximum absolute atomic E-state index is 12.7. The highest BCUT2D eigenvalue weighted by Gasteiger charge is 2.30. The molecule has 6 nitrogen and oxygen atoms in total. The van der Waals surface area contributed by atoms with Crippen LogP contribution in [0.15, 0.2) is 48.2 Å². The summed E-state index contributed by atoms with van der Waals surface area (Å²) in [5.41, 5.74) is 7.70. The third-order valence-corrected chi connectivity index (χ3v) is 3.67. The zero-order valence-electron chi connectivity index (χ0n) is 13.2. The van der Waals surface area contributed by atoms with Crippen LogP contribution in [0, 0.1) is 0 Å². The summed E-state index contributed by atoms with van der Waals surface area (Å²) in [5.74, 6) is 1.01. The normalized spacial score (nSPS) is 15.2. The van der Waals surface area contributed by atoms with Crippen LogP contribution in [0.3, 0.4) is 0 Å². The second-order valence-electron chi connectivity index (χ2n) is 5.29. The SMILES string of the molecule is COc1cccc(/C=C2/Oc3cc(N)ccc3N(CCO)C2=O)c1. The molecule has 0 atom stereocenters. The van der Waals surface area contributed by atoms with Crippen LogP contribution in [0.4, 0.5) is 11.4 Å². The minimum absolute atomic E-state index is 0.151. The van der Waals surface area contributed by atoms with Crippen LogP contribution in [-0.2, 0) is 4.79 Å². The number of anilines is 2. The molecule has 0 aromatic heterocycles. The van der Waals surface area contributed by atoms with Crippen molar-refractivity contribution in [2.45, 2.75) is 0 Å². The number of carbonyl (C=O) groups is 1. The van der Waals surface area contributed by atoms with Gasteiger partial charge in [0.1, 0.15) is 5.75 Å². The lowest BCUT2D eigenvalue weighted by Crippen LogP contribution is -2.39. The first-order chi connectivity index (χ1) is 11.6. The Morgan fingerprint density at radius 2 is 2.12 bits per heavy atom. The first-order valence-electron chi connectivity index (χ1n) is 7.48. The largest absolute Gasteiger partial charge is 0.497 e. The summed E-state index contributed by atoms with van der Waals surface area (Å²) in [6.45, 7) is 0.0244. The Bertz CT molecular complexity index is 801. The molecular formula is C18H18N2O4. The average Bonchev–Trinajstić information content (AvgIpc) is 2.58. The fraction of sp³-hybridized carbons (Fsp3) is 0.167. The third-order valence-electron chi connectivity index (χ3n) is 3.67. The van der Waals surface area contributed by atoms with Gasteiger partial charge in [0, 0.05) is 18.3 Å². The Kier molecular flexibility index (Phi) is 4.39. The molecule has 0 bridgehead atoms. The van der Waals surface area contributed by atoms with Gasteiger partial charge in [-0.15, -0.1) is 0 Å². The van der Waals surface area contributed by atoms with E-state index in [0.29, 0.717) is 22.9 Å². The van der Waals surface area contributed by atoms with Crippen LogP contribution in [0.1, 0.15) is 5.56 Å². The number of rotatable bonds is 4. The van der Waals surface area contributed by atoms with Gasteiger partial charge in [-0.2, -0.15) is 0 Å². The maximum Gasteiger partial charge on any atom is 0.294 e. The number of amides is 1. The number of methoxy groups -OCH3 is 1. The van der Waals surface area contributed by atoms with Crippen LogP contribution in [0.5, 0.6) is 11.5 Å². The quantitative estimate of drug-likeness (QED) is 0.663. The van der Waals surface area contributed by atoms with Gasteiger partial charge in [-0.05, 0) is 35.9 Å². The Morgan fingerprint density at radius 3 is 2.88 bits per heavy atom. The van der Waals surface area contributed by atoms with E-state index in [1.165, 1.54) is 4.90 Å². The number of benzene rings is 2. The molecule has 3 N–H and O–H groups in total. The minimum atomic E-state index is -0.316. The fourth-order valence-electron chi connectivity index (χ4n) is 2.54. The van der Waals surface area contributed by atoms with Gasteiger partial charge < -0.3 is 20.3 Å². The number of carbonyl (C=O) groups excluding carboxylic acids is 1. The topological polar surface area (TPSA) is 85.0 Å². The van der Waals surface area contributed by atoms with E-state index in [9.17, 15) is 9.90 Å². The second kappa shape index (κ2) is 6.64. The molecule has 2 aromatic carbocycles. The van der Waals surface area contributed by atoms with Crippen molar-refractivity contribution in [2.24, 2.45) is 0 Å². The average molecular weight is 326 g/mol. The Hall–Kier alpha value is -2.99. The summed E-state index contributed by atoms with van der Waals surface area (Å²) in [7, 11) is 1.58. The highest BCUT2D eigenvalue weighted by atomic mass is 16.5. The van der Waals surface area contributed by atoms with Gasteiger partial charge in [-0.3, -0.25) is 9.69 Å². The van der Waals surface area contributed by atoms with Crippen molar-refractivity contribution in [3.63, 3.8) is 0 Å². The predicted molar refractivity (Wildman–Crippen MR) is 91.9 cm³/mol. The molecule has 24 heavy (non-hydrogen) atoms. The fourth-order valence-corrected chi connectivity index (χ4v) is 2.54. The Morgan fingerprint density at radius 1 is 1.29 bits per heavy atom. The van der Waals surface area contributed by atoms with Gasteiger partial charge in [-0.1, -0.05) is 12.1 Å². The maximum atomic E-state index is 12.7. The molecule has 0 spiro atoms. The molecule has 1 heterocycles. The first kappa shape index (κ1) is 15.9. The van der Waals surface area contributed by atoms with Gasteiger partial charge in [-0.25, -0.2) is 0 Å². The van der Waals surface area contributed by atoms with Gasteiger partial charge in [0.25, 0.3) is 5.91 Å². The number of ether oxygens (including phenoxy) is 2.